The summed E-state index contributed by atoms with van der Waals surface area (Å²) in [4.78, 5) is 0. The van der Waals surface area contributed by atoms with Gasteiger partial charge in [-0.2, -0.15) is 0 Å². The SMILES string of the molecule is [B]CC1CO[C@H](C)[C@@]1(N)c1ccccc1F. The van der Waals surface area contributed by atoms with Crippen LogP contribution in [0.15, 0.2) is 24.3 Å². The molecule has 1 aliphatic rings. The summed E-state index contributed by atoms with van der Waals surface area (Å²) in [5, 5.41) is 0. The maximum absolute atomic E-state index is 13.8. The molecule has 0 spiro atoms. The van der Waals surface area contributed by atoms with Crippen LogP contribution in [0.2, 0.25) is 6.32 Å². The zero-order chi connectivity index (χ0) is 11.8. The molecule has 0 aromatic heterocycles. The first-order chi connectivity index (χ1) is 7.60. The molecule has 0 aliphatic carbocycles. The van der Waals surface area contributed by atoms with Crippen molar-refractivity contribution >= 4 is 7.85 Å². The number of benzene rings is 1. The van der Waals surface area contributed by atoms with Gasteiger partial charge in [0.1, 0.15) is 5.82 Å². The van der Waals surface area contributed by atoms with Gasteiger partial charge in [-0.05, 0) is 18.9 Å². The number of hydrogen-bond donors (Lipinski definition) is 1. The Morgan fingerprint density at radius 1 is 1.56 bits per heavy atom. The Hall–Kier alpha value is -0.865. The molecule has 2 rings (SSSR count). The van der Waals surface area contributed by atoms with Crippen LogP contribution in [0.25, 0.3) is 0 Å². The van der Waals surface area contributed by atoms with Crippen LogP contribution in [-0.2, 0) is 10.3 Å². The van der Waals surface area contributed by atoms with E-state index >= 15 is 0 Å². The van der Waals surface area contributed by atoms with E-state index in [0.717, 1.165) is 0 Å². The molecule has 1 aliphatic heterocycles. The first kappa shape index (κ1) is 11.6. The van der Waals surface area contributed by atoms with E-state index in [-0.39, 0.29) is 17.8 Å². The lowest BCUT2D eigenvalue weighted by molar-refractivity contribution is 0.0940. The van der Waals surface area contributed by atoms with Gasteiger partial charge in [0.2, 0.25) is 0 Å². The van der Waals surface area contributed by atoms with Gasteiger partial charge in [0.05, 0.1) is 26.1 Å². The highest BCUT2D eigenvalue weighted by molar-refractivity contribution is 6.08. The molecule has 2 radical (unpaired) electrons. The first-order valence-corrected chi connectivity index (χ1v) is 5.46. The molecule has 1 aromatic rings. The second-order valence-electron chi connectivity index (χ2n) is 4.32. The van der Waals surface area contributed by atoms with Gasteiger partial charge in [0, 0.05) is 5.56 Å². The van der Waals surface area contributed by atoms with Crippen LogP contribution >= 0.6 is 0 Å². The van der Waals surface area contributed by atoms with Gasteiger partial charge in [-0.3, -0.25) is 0 Å². The van der Waals surface area contributed by atoms with Gasteiger partial charge < -0.3 is 10.5 Å². The van der Waals surface area contributed by atoms with E-state index in [1.807, 2.05) is 6.92 Å². The second-order valence-corrected chi connectivity index (χ2v) is 4.32. The molecule has 2 nitrogen and oxygen atoms in total. The third-order valence-electron chi connectivity index (χ3n) is 3.52. The fourth-order valence-electron chi connectivity index (χ4n) is 2.38. The van der Waals surface area contributed by atoms with Crippen molar-refractivity contribution in [3.63, 3.8) is 0 Å². The molecule has 0 saturated carbocycles. The Morgan fingerprint density at radius 2 is 2.25 bits per heavy atom. The smallest absolute Gasteiger partial charge is 0.128 e. The van der Waals surface area contributed by atoms with Gasteiger partial charge >= 0.3 is 0 Å². The van der Waals surface area contributed by atoms with E-state index in [9.17, 15) is 4.39 Å². The minimum atomic E-state index is -0.819. The number of nitrogens with two attached hydrogens (primary N) is 1. The van der Waals surface area contributed by atoms with Crippen LogP contribution in [0, 0.1) is 11.7 Å². The number of rotatable bonds is 2. The average molecular weight is 219 g/mol. The minimum Gasteiger partial charge on any atom is -0.376 e. The third kappa shape index (κ3) is 1.57. The van der Waals surface area contributed by atoms with Crippen LogP contribution in [0.5, 0.6) is 0 Å². The topological polar surface area (TPSA) is 35.2 Å². The van der Waals surface area contributed by atoms with Crippen molar-refractivity contribution in [1.29, 1.82) is 0 Å². The van der Waals surface area contributed by atoms with E-state index < -0.39 is 5.54 Å². The predicted molar refractivity (Wildman–Crippen MR) is 61.7 cm³/mol. The van der Waals surface area contributed by atoms with Crippen molar-refractivity contribution in [2.75, 3.05) is 6.61 Å². The summed E-state index contributed by atoms with van der Waals surface area (Å²) in [7, 11) is 5.68. The standard InChI is InChI=1S/C12H15BFNO/c1-8-12(15,9(6-13)7-16-8)10-4-2-3-5-11(10)14/h2-5,8-9H,6-7,15H2,1H3/t8-,9?,12+/m1/s1. The molecule has 16 heavy (non-hydrogen) atoms. The monoisotopic (exact) mass is 219 g/mol. The summed E-state index contributed by atoms with van der Waals surface area (Å²) in [6, 6.07) is 6.57. The van der Waals surface area contributed by atoms with Gasteiger partial charge in [-0.15, -0.1) is 0 Å². The molecule has 4 heteroatoms. The van der Waals surface area contributed by atoms with Crippen LogP contribution < -0.4 is 5.73 Å². The Balaban J connectivity index is 2.47. The average Bonchev–Trinajstić information content (AvgIpc) is 2.57. The molecular weight excluding hydrogens is 204 g/mol. The molecular formula is C12H15BFNO. The number of halogens is 1. The molecule has 1 saturated heterocycles. The Labute approximate surface area is 96.4 Å². The molecule has 0 amide bonds. The maximum atomic E-state index is 13.8. The minimum absolute atomic E-state index is 0.0422. The van der Waals surface area contributed by atoms with Gasteiger partial charge in [0.25, 0.3) is 0 Å². The largest absolute Gasteiger partial charge is 0.376 e. The Morgan fingerprint density at radius 3 is 2.88 bits per heavy atom. The van der Waals surface area contributed by atoms with Gasteiger partial charge in [-0.1, -0.05) is 24.5 Å². The summed E-state index contributed by atoms with van der Waals surface area (Å²) in [5.41, 5.74) is 6.01. The quantitative estimate of drug-likeness (QED) is 0.766. The molecule has 1 aromatic carbocycles. The summed E-state index contributed by atoms with van der Waals surface area (Å²) >= 11 is 0. The van der Waals surface area contributed by atoms with E-state index in [4.69, 9.17) is 18.3 Å². The summed E-state index contributed by atoms with van der Waals surface area (Å²) in [5.74, 6) is -0.333. The van der Waals surface area contributed by atoms with Crippen LogP contribution in [0.3, 0.4) is 0 Å². The summed E-state index contributed by atoms with van der Waals surface area (Å²) < 4.78 is 19.3. The fourth-order valence-corrected chi connectivity index (χ4v) is 2.38. The van der Waals surface area contributed by atoms with E-state index in [1.54, 1.807) is 18.2 Å². The number of ether oxygens (including phenoxy) is 1. The van der Waals surface area contributed by atoms with Crippen molar-refractivity contribution in [2.45, 2.75) is 24.9 Å². The van der Waals surface area contributed by atoms with Crippen LogP contribution in [0.4, 0.5) is 4.39 Å². The van der Waals surface area contributed by atoms with Crippen molar-refractivity contribution in [2.24, 2.45) is 11.7 Å². The highest BCUT2D eigenvalue weighted by Gasteiger charge is 2.47. The zero-order valence-corrected chi connectivity index (χ0v) is 9.32. The summed E-state index contributed by atoms with van der Waals surface area (Å²) in [6.45, 7) is 2.35. The first-order valence-electron chi connectivity index (χ1n) is 5.46. The van der Waals surface area contributed by atoms with Crippen LogP contribution in [0.1, 0.15) is 12.5 Å². The van der Waals surface area contributed by atoms with E-state index in [2.05, 4.69) is 0 Å². The molecule has 1 fully saturated rings. The van der Waals surface area contributed by atoms with E-state index in [0.29, 0.717) is 18.5 Å². The van der Waals surface area contributed by atoms with Crippen molar-refractivity contribution in [3.8, 4) is 0 Å². The molecule has 3 atom stereocenters. The lowest BCUT2D eigenvalue weighted by atomic mass is 9.72. The molecule has 1 heterocycles. The molecule has 0 bridgehead atoms. The Kier molecular flexibility index (Phi) is 3.04. The lowest BCUT2D eigenvalue weighted by Crippen LogP contribution is -2.48. The zero-order valence-electron chi connectivity index (χ0n) is 9.32. The highest BCUT2D eigenvalue weighted by atomic mass is 19.1. The normalized spacial score (nSPS) is 34.2. The lowest BCUT2D eigenvalue weighted by Gasteiger charge is -2.33. The number of hydrogen-bond acceptors (Lipinski definition) is 2. The highest BCUT2D eigenvalue weighted by Crippen LogP contribution is 2.40. The molecule has 1 unspecified atom stereocenters. The molecule has 84 valence electrons. The van der Waals surface area contributed by atoms with Crippen LogP contribution in [-0.4, -0.2) is 20.6 Å². The van der Waals surface area contributed by atoms with Crippen molar-refractivity contribution in [1.82, 2.24) is 0 Å². The van der Waals surface area contributed by atoms with Crippen molar-refractivity contribution < 1.29 is 9.13 Å². The van der Waals surface area contributed by atoms with E-state index in [1.165, 1.54) is 6.07 Å². The van der Waals surface area contributed by atoms with Gasteiger partial charge in [-0.25, -0.2) is 4.39 Å². The fraction of sp³-hybridized carbons (Fsp3) is 0.500. The molecule has 2 N–H and O–H groups in total. The predicted octanol–water partition coefficient (Wildman–Crippen LogP) is 1.60. The third-order valence-corrected chi connectivity index (χ3v) is 3.52. The maximum Gasteiger partial charge on any atom is 0.128 e. The van der Waals surface area contributed by atoms with Gasteiger partial charge in [0.15, 0.2) is 0 Å². The second kappa shape index (κ2) is 4.19. The summed E-state index contributed by atoms with van der Waals surface area (Å²) in [6.07, 6.45) is 0.174. The Bertz CT molecular complexity index is 387. The van der Waals surface area contributed by atoms with Crippen molar-refractivity contribution in [3.05, 3.63) is 35.6 Å².